The van der Waals surface area contributed by atoms with Crippen molar-refractivity contribution in [3.05, 3.63) is 65.3 Å². The highest BCUT2D eigenvalue weighted by Crippen LogP contribution is 2.45. The second-order valence-corrected chi connectivity index (χ2v) is 16.4. The van der Waals surface area contributed by atoms with Gasteiger partial charge >= 0.3 is 13.9 Å². The third-order valence-corrected chi connectivity index (χ3v) is 10.3. The maximum Gasteiger partial charge on any atom is 0.527 e. The molecule has 3 atom stereocenters. The van der Waals surface area contributed by atoms with Crippen LogP contribution in [0.3, 0.4) is 0 Å². The molecule has 53 heavy (non-hydrogen) atoms. The fraction of sp³-hybridized carbons (Fsp3) is 0.564. The number of fused-ring (bicyclic) bond motifs is 1. The number of para-hydroxylation sites is 2. The minimum Gasteiger partial charge on any atom is -0.444 e. The molecule has 2 aromatic carbocycles. The molecule has 1 aliphatic rings. The van der Waals surface area contributed by atoms with Crippen molar-refractivity contribution in [1.29, 1.82) is 0 Å². The van der Waals surface area contributed by atoms with E-state index >= 15 is 0 Å². The van der Waals surface area contributed by atoms with Crippen LogP contribution in [0, 0.1) is 0 Å². The molecule has 1 fully saturated rings. The normalized spacial score (nSPS) is 16.2. The van der Waals surface area contributed by atoms with Crippen molar-refractivity contribution in [1.82, 2.24) is 20.5 Å². The third-order valence-electron chi connectivity index (χ3n) is 9.09. The van der Waals surface area contributed by atoms with Gasteiger partial charge in [0.15, 0.2) is 0 Å². The summed E-state index contributed by atoms with van der Waals surface area (Å²) in [6.07, 6.45) is 12.8. The van der Waals surface area contributed by atoms with Crippen LogP contribution in [0.5, 0.6) is 5.75 Å². The zero-order valence-corrected chi connectivity index (χ0v) is 32.9. The van der Waals surface area contributed by atoms with Crippen molar-refractivity contribution in [2.75, 3.05) is 19.7 Å². The predicted octanol–water partition coefficient (Wildman–Crippen LogP) is 8.46. The molecule has 1 unspecified atom stereocenters. The number of carbonyl (C=O) groups is 3. The van der Waals surface area contributed by atoms with Crippen LogP contribution in [0.4, 0.5) is 4.79 Å². The van der Waals surface area contributed by atoms with Crippen LogP contribution in [0.2, 0.25) is 5.02 Å². The number of phosphoric acid groups is 1. The molecule has 3 amide bonds. The number of likely N-dealkylation sites (tertiary alicyclic amines) is 1. The second-order valence-electron chi connectivity index (χ2n) is 14.6. The highest BCUT2D eigenvalue weighted by atomic mass is 35.5. The average molecular weight is 775 g/mol. The first-order valence-corrected chi connectivity index (χ1v) is 20.7. The number of hydrogen-bond donors (Lipinski definition) is 4. The molecule has 0 aliphatic carbocycles. The molecule has 1 saturated heterocycles. The number of H-pyrrole nitrogens is 1. The maximum absolute atomic E-state index is 13.5. The fourth-order valence-corrected chi connectivity index (χ4v) is 7.45. The molecule has 0 spiro atoms. The van der Waals surface area contributed by atoms with Crippen LogP contribution >= 0.6 is 19.4 Å². The molecule has 12 nitrogen and oxygen atoms in total. The lowest BCUT2D eigenvalue weighted by Gasteiger charge is -2.29. The number of amides is 3. The molecule has 2 heterocycles. The number of halogens is 1. The number of rotatable bonds is 21. The van der Waals surface area contributed by atoms with E-state index in [0.29, 0.717) is 38.8 Å². The van der Waals surface area contributed by atoms with Gasteiger partial charge in [-0.1, -0.05) is 93.3 Å². The number of phosphoric ester groups is 1. The van der Waals surface area contributed by atoms with Crippen LogP contribution in [-0.2, 0) is 29.8 Å². The Bertz CT molecular complexity index is 1680. The van der Waals surface area contributed by atoms with Gasteiger partial charge in [-0.05, 0) is 70.2 Å². The van der Waals surface area contributed by atoms with Crippen molar-refractivity contribution in [3.8, 4) is 5.75 Å². The summed E-state index contributed by atoms with van der Waals surface area (Å²) in [5, 5.41) is 7.25. The predicted molar refractivity (Wildman–Crippen MR) is 207 cm³/mol. The van der Waals surface area contributed by atoms with Gasteiger partial charge in [0, 0.05) is 36.6 Å². The van der Waals surface area contributed by atoms with Crippen molar-refractivity contribution in [2.24, 2.45) is 0 Å². The molecule has 4 rings (SSSR count). The summed E-state index contributed by atoms with van der Waals surface area (Å²) < 4.78 is 27.8. The van der Waals surface area contributed by atoms with Gasteiger partial charge in [-0.15, -0.1) is 0 Å². The zero-order chi connectivity index (χ0) is 38.3. The molecule has 0 saturated carbocycles. The zero-order valence-electron chi connectivity index (χ0n) is 31.2. The molecule has 292 valence electrons. The molecule has 1 aromatic heterocycles. The van der Waals surface area contributed by atoms with Crippen molar-refractivity contribution in [2.45, 2.75) is 122 Å². The Balaban J connectivity index is 1.12. The van der Waals surface area contributed by atoms with E-state index in [-0.39, 0.29) is 29.2 Å². The van der Waals surface area contributed by atoms with Gasteiger partial charge in [0.25, 0.3) is 0 Å². The van der Waals surface area contributed by atoms with Crippen molar-refractivity contribution < 1.29 is 37.6 Å². The summed E-state index contributed by atoms with van der Waals surface area (Å²) >= 11 is 5.97. The monoisotopic (exact) mass is 774 g/mol. The van der Waals surface area contributed by atoms with Gasteiger partial charge in [0.05, 0.1) is 11.6 Å². The number of benzene rings is 2. The molecular weight excluding hydrogens is 719 g/mol. The van der Waals surface area contributed by atoms with E-state index in [0.717, 1.165) is 74.3 Å². The Hall–Kier alpha value is -3.57. The number of hydrogen-bond acceptors (Lipinski definition) is 7. The second kappa shape index (κ2) is 20.8. The number of aromatic amines is 1. The Morgan fingerprint density at radius 1 is 0.962 bits per heavy atom. The van der Waals surface area contributed by atoms with E-state index in [1.807, 2.05) is 30.5 Å². The van der Waals surface area contributed by atoms with E-state index in [4.69, 9.17) is 25.4 Å². The van der Waals surface area contributed by atoms with Gasteiger partial charge < -0.3 is 24.9 Å². The minimum absolute atomic E-state index is 0.117. The lowest BCUT2D eigenvalue weighted by Crippen LogP contribution is -2.54. The third kappa shape index (κ3) is 14.3. The molecule has 14 heteroatoms. The van der Waals surface area contributed by atoms with Gasteiger partial charge in [-0.25, -0.2) is 9.36 Å². The number of carbonyl (C=O) groups excluding carboxylic acids is 3. The van der Waals surface area contributed by atoms with Gasteiger partial charge in [-0.3, -0.25) is 23.9 Å². The molecule has 4 N–H and O–H groups in total. The topological polar surface area (TPSA) is 159 Å². The maximum atomic E-state index is 13.5. The van der Waals surface area contributed by atoms with E-state index in [9.17, 15) is 23.8 Å². The highest BCUT2D eigenvalue weighted by molar-refractivity contribution is 7.47. The molecule has 0 radical (unpaired) electrons. The highest BCUT2D eigenvalue weighted by Gasteiger charge is 2.38. The summed E-state index contributed by atoms with van der Waals surface area (Å²) in [6, 6.07) is 12.8. The molecule has 0 bridgehead atoms. The van der Waals surface area contributed by atoms with Crippen molar-refractivity contribution in [3.63, 3.8) is 0 Å². The standard InChI is InChI=1S/C39H56ClN4O8P/c1-39(2,3)51-38(47)44-25-18-22-34(44)37(46)43-33(27-29-28-42-32-21-14-12-19-30(29)32)36(45)41-24-16-10-8-6-4-5-7-9-11-17-26-50-53(48,49)52-35-23-15-13-20-31(35)40/h12-15,19-21,23,28,33-34,42H,4-11,16-18,22,24-27H2,1-3H3,(H,41,45)(H,43,46)(H,48,49)/t33-,34-/m1/s1. The van der Waals surface area contributed by atoms with E-state index in [1.165, 1.54) is 11.0 Å². The number of nitrogens with one attached hydrogen (secondary N) is 3. The van der Waals surface area contributed by atoms with Crippen LogP contribution < -0.4 is 15.2 Å². The Morgan fingerprint density at radius 3 is 2.30 bits per heavy atom. The van der Waals surface area contributed by atoms with Crippen LogP contribution in [0.15, 0.2) is 54.7 Å². The van der Waals surface area contributed by atoms with E-state index in [2.05, 4.69) is 15.6 Å². The van der Waals surface area contributed by atoms with Gasteiger partial charge in [0.2, 0.25) is 11.8 Å². The lowest BCUT2D eigenvalue weighted by molar-refractivity contribution is -0.131. The first-order valence-electron chi connectivity index (χ1n) is 18.9. The number of unbranched alkanes of at least 4 members (excludes halogenated alkanes) is 9. The smallest absolute Gasteiger partial charge is 0.444 e. The van der Waals surface area contributed by atoms with Crippen molar-refractivity contribution >= 4 is 48.2 Å². The molecule has 3 aromatic rings. The first kappa shape index (κ1) is 42.2. The van der Waals surface area contributed by atoms with E-state index in [1.54, 1.807) is 39.0 Å². The van der Waals surface area contributed by atoms with Crippen LogP contribution in [0.1, 0.15) is 103 Å². The lowest BCUT2D eigenvalue weighted by atomic mass is 10.0. The van der Waals surface area contributed by atoms with E-state index < -0.39 is 31.6 Å². The Kier molecular flexibility index (Phi) is 16.5. The summed E-state index contributed by atoms with van der Waals surface area (Å²) in [4.78, 5) is 54.5. The van der Waals surface area contributed by atoms with Gasteiger partial charge in [-0.2, -0.15) is 0 Å². The van der Waals surface area contributed by atoms with Gasteiger partial charge in [0.1, 0.15) is 23.4 Å². The first-order chi connectivity index (χ1) is 25.3. The quantitative estimate of drug-likeness (QED) is 0.0620. The largest absolute Gasteiger partial charge is 0.527 e. The van der Waals surface area contributed by atoms with Crippen LogP contribution in [0.25, 0.3) is 10.9 Å². The summed E-state index contributed by atoms with van der Waals surface area (Å²) in [5.41, 5.74) is 1.21. The number of aromatic nitrogens is 1. The Morgan fingerprint density at radius 2 is 1.60 bits per heavy atom. The minimum atomic E-state index is -4.22. The SMILES string of the molecule is CC(C)(C)OC(=O)N1CCC[C@@H]1C(=O)N[C@H](Cc1c[nH]c2ccccc12)C(=O)NCCCCCCCCCCCCOP(=O)(O)Oc1ccccc1Cl. The average Bonchev–Trinajstić information content (AvgIpc) is 3.76. The number of ether oxygens (including phenoxy) is 1. The Labute approximate surface area is 318 Å². The summed E-state index contributed by atoms with van der Waals surface area (Å²) in [7, 11) is -4.22. The summed E-state index contributed by atoms with van der Waals surface area (Å²) in [6.45, 7) is 6.47. The molecule has 1 aliphatic heterocycles. The fourth-order valence-electron chi connectivity index (χ4n) is 6.40. The molecular formula is C39H56ClN4O8P. The number of nitrogens with zero attached hydrogens (tertiary/aromatic N) is 1. The van der Waals surface area contributed by atoms with Crippen LogP contribution in [-0.4, -0.2) is 70.1 Å². The summed E-state index contributed by atoms with van der Waals surface area (Å²) in [5.74, 6) is -0.478.